The highest BCUT2D eigenvalue weighted by atomic mass is 27.1. The SMILES string of the molecule is CN(C)CCCOCCC[N]([AlH2])C(C)(C)C. The zero-order chi connectivity index (χ0) is 12.6. The van der Waals surface area contributed by atoms with Gasteiger partial charge in [-0.15, -0.1) is 0 Å². The highest BCUT2D eigenvalue weighted by molar-refractivity contribution is 6.04. The monoisotopic (exact) mass is 244 g/mol. The Morgan fingerprint density at radius 2 is 1.50 bits per heavy atom. The van der Waals surface area contributed by atoms with Gasteiger partial charge in [0.05, 0.1) is 0 Å². The van der Waals surface area contributed by atoms with Gasteiger partial charge < -0.3 is 13.5 Å². The second kappa shape index (κ2) is 8.50. The predicted octanol–water partition coefficient (Wildman–Crippen LogP) is 0.993. The molecule has 16 heavy (non-hydrogen) atoms. The number of hydrogen-bond donors (Lipinski definition) is 0. The molecular weight excluding hydrogens is 215 g/mol. The molecule has 0 unspecified atom stereocenters. The molecule has 0 saturated heterocycles. The van der Waals surface area contributed by atoms with Gasteiger partial charge in [0, 0.05) is 13.2 Å². The normalized spacial score (nSPS) is 12.7. The van der Waals surface area contributed by atoms with Crippen molar-refractivity contribution in [1.82, 2.24) is 8.78 Å². The van der Waals surface area contributed by atoms with Gasteiger partial charge in [-0.1, -0.05) is 0 Å². The van der Waals surface area contributed by atoms with Crippen LogP contribution in [0.4, 0.5) is 0 Å². The Morgan fingerprint density at radius 3 is 1.94 bits per heavy atom. The maximum absolute atomic E-state index is 5.61. The average molecular weight is 244 g/mol. The van der Waals surface area contributed by atoms with Crippen LogP contribution in [0.25, 0.3) is 0 Å². The van der Waals surface area contributed by atoms with Crippen molar-refractivity contribution in [1.29, 1.82) is 0 Å². The first kappa shape index (κ1) is 16.4. The van der Waals surface area contributed by atoms with Crippen molar-refractivity contribution in [2.45, 2.75) is 39.2 Å². The summed E-state index contributed by atoms with van der Waals surface area (Å²) >= 11 is 1.14. The van der Waals surface area contributed by atoms with Gasteiger partial charge in [-0.2, -0.15) is 0 Å². The van der Waals surface area contributed by atoms with Crippen LogP contribution in [0.15, 0.2) is 0 Å². The van der Waals surface area contributed by atoms with Crippen LogP contribution in [0.3, 0.4) is 0 Å². The lowest BCUT2D eigenvalue weighted by Gasteiger charge is -2.33. The second-order valence-electron chi connectivity index (χ2n) is 5.72. The first-order chi connectivity index (χ1) is 7.34. The molecule has 0 saturated carbocycles. The fraction of sp³-hybridized carbons (Fsp3) is 1.00. The number of rotatable bonds is 8. The molecule has 0 spiro atoms. The molecule has 0 fully saturated rings. The van der Waals surface area contributed by atoms with E-state index in [-0.39, 0.29) is 0 Å². The van der Waals surface area contributed by atoms with Crippen molar-refractivity contribution in [2.24, 2.45) is 0 Å². The van der Waals surface area contributed by atoms with E-state index >= 15 is 0 Å². The molecule has 3 nitrogen and oxygen atoms in total. The molecular formula is C12H29AlN2O. The molecule has 0 aromatic heterocycles. The summed E-state index contributed by atoms with van der Waals surface area (Å²) in [4.78, 5) is 2.20. The van der Waals surface area contributed by atoms with E-state index in [9.17, 15) is 0 Å². The minimum Gasteiger partial charge on any atom is -0.386 e. The average Bonchev–Trinajstić information content (AvgIpc) is 2.14. The van der Waals surface area contributed by atoms with Gasteiger partial charge in [-0.25, -0.2) is 0 Å². The maximum Gasteiger partial charge on any atom is 0.322 e. The van der Waals surface area contributed by atoms with Gasteiger partial charge in [0.25, 0.3) is 0 Å². The van der Waals surface area contributed by atoms with E-state index in [1.165, 1.54) is 6.54 Å². The Balaban J connectivity index is 3.28. The number of ether oxygens (including phenoxy) is 1. The molecule has 0 N–H and O–H groups in total. The molecule has 0 atom stereocenters. The van der Waals surface area contributed by atoms with Crippen LogP contribution in [0.2, 0.25) is 0 Å². The first-order valence-corrected chi connectivity index (χ1v) is 7.17. The molecule has 0 radical (unpaired) electrons. The minimum absolute atomic E-state index is 0.331. The predicted molar refractivity (Wildman–Crippen MR) is 73.6 cm³/mol. The zero-order valence-corrected chi connectivity index (χ0v) is 14.0. The summed E-state index contributed by atoms with van der Waals surface area (Å²) < 4.78 is 8.12. The number of hydrogen-bond acceptors (Lipinski definition) is 3. The van der Waals surface area contributed by atoms with Gasteiger partial charge in [-0.05, 0) is 66.3 Å². The van der Waals surface area contributed by atoms with E-state index < -0.39 is 0 Å². The lowest BCUT2D eigenvalue weighted by Crippen LogP contribution is -2.40. The lowest BCUT2D eigenvalue weighted by atomic mass is 10.1. The van der Waals surface area contributed by atoms with Crippen molar-refractivity contribution in [2.75, 3.05) is 40.4 Å². The largest absolute Gasteiger partial charge is 0.386 e. The van der Waals surface area contributed by atoms with Crippen molar-refractivity contribution >= 4 is 16.5 Å². The van der Waals surface area contributed by atoms with Crippen LogP contribution in [0.5, 0.6) is 0 Å². The van der Waals surface area contributed by atoms with Gasteiger partial charge in [0.1, 0.15) is 0 Å². The standard InChI is InChI=1S/C12H27N2O.Al.2H/c1-12(2,3)13-8-6-10-15-11-7-9-14(4)5;;;/h6-11H2,1-5H3;;;/q-1;+1;;. The van der Waals surface area contributed by atoms with E-state index in [0.717, 1.165) is 49.1 Å². The first-order valence-electron chi connectivity index (χ1n) is 6.28. The van der Waals surface area contributed by atoms with E-state index in [0.29, 0.717) is 5.54 Å². The lowest BCUT2D eigenvalue weighted by molar-refractivity contribution is 0.114. The Kier molecular flexibility index (Phi) is 8.71. The topological polar surface area (TPSA) is 15.7 Å². The highest BCUT2D eigenvalue weighted by Gasteiger charge is 2.14. The van der Waals surface area contributed by atoms with Crippen molar-refractivity contribution in [3.63, 3.8) is 0 Å². The van der Waals surface area contributed by atoms with Gasteiger partial charge in [0.15, 0.2) is 0 Å². The van der Waals surface area contributed by atoms with Crippen LogP contribution < -0.4 is 0 Å². The van der Waals surface area contributed by atoms with Crippen LogP contribution in [0.1, 0.15) is 33.6 Å². The molecule has 0 heterocycles. The van der Waals surface area contributed by atoms with E-state index in [4.69, 9.17) is 4.74 Å². The summed E-state index contributed by atoms with van der Waals surface area (Å²) in [6.07, 6.45) is 2.29. The Morgan fingerprint density at radius 1 is 1.00 bits per heavy atom. The molecule has 4 heteroatoms. The van der Waals surface area contributed by atoms with E-state index in [1.807, 2.05) is 0 Å². The molecule has 0 aliphatic rings. The minimum atomic E-state index is 0.331. The van der Waals surface area contributed by atoms with Crippen LogP contribution in [0, 0.1) is 0 Å². The molecule has 0 aromatic carbocycles. The van der Waals surface area contributed by atoms with Gasteiger partial charge >= 0.3 is 16.5 Å². The summed E-state index contributed by atoms with van der Waals surface area (Å²) in [6, 6.07) is 0. The smallest absolute Gasteiger partial charge is 0.322 e. The van der Waals surface area contributed by atoms with E-state index in [1.54, 1.807) is 0 Å². The third kappa shape index (κ3) is 9.63. The van der Waals surface area contributed by atoms with Crippen molar-refractivity contribution in [3.05, 3.63) is 0 Å². The fourth-order valence-electron chi connectivity index (χ4n) is 1.32. The fourth-order valence-corrected chi connectivity index (χ4v) is 1.64. The highest BCUT2D eigenvalue weighted by Crippen LogP contribution is 2.09. The molecule has 0 aliphatic heterocycles. The quantitative estimate of drug-likeness (QED) is 0.468. The maximum atomic E-state index is 5.61. The summed E-state index contributed by atoms with van der Waals surface area (Å²) in [5.41, 5.74) is 0.331. The summed E-state index contributed by atoms with van der Waals surface area (Å²) in [6.45, 7) is 10.9. The third-order valence-corrected chi connectivity index (χ3v) is 4.61. The molecule has 0 bridgehead atoms. The molecule has 96 valence electrons. The van der Waals surface area contributed by atoms with Crippen molar-refractivity contribution < 1.29 is 4.74 Å². The van der Waals surface area contributed by atoms with Gasteiger partial charge in [-0.3, -0.25) is 0 Å². The van der Waals surface area contributed by atoms with Crippen LogP contribution >= 0.6 is 0 Å². The third-order valence-electron chi connectivity index (χ3n) is 2.82. The second-order valence-corrected chi connectivity index (χ2v) is 6.79. The van der Waals surface area contributed by atoms with Gasteiger partial charge in [0.2, 0.25) is 0 Å². The zero-order valence-electron chi connectivity index (χ0n) is 12.0. The van der Waals surface area contributed by atoms with Crippen LogP contribution in [-0.4, -0.2) is 71.2 Å². The summed E-state index contributed by atoms with van der Waals surface area (Å²) in [5.74, 6) is 0. The molecule has 0 rings (SSSR count). The van der Waals surface area contributed by atoms with E-state index in [2.05, 4.69) is 43.6 Å². The molecule has 0 amide bonds. The molecule has 0 aromatic rings. The van der Waals surface area contributed by atoms with Crippen molar-refractivity contribution in [3.8, 4) is 0 Å². The number of nitrogens with zero attached hydrogens (tertiary/aromatic N) is 2. The Bertz CT molecular complexity index is 169. The Labute approximate surface area is 110 Å². The Hall–Kier alpha value is 0.412. The molecule has 0 aliphatic carbocycles. The summed E-state index contributed by atoms with van der Waals surface area (Å²) in [5, 5.41) is 0. The van der Waals surface area contributed by atoms with Crippen LogP contribution in [-0.2, 0) is 4.74 Å². The summed E-state index contributed by atoms with van der Waals surface area (Å²) in [7, 11) is 4.20.